The Morgan fingerprint density at radius 2 is 1.97 bits per heavy atom. The van der Waals surface area contributed by atoms with Crippen molar-refractivity contribution >= 4 is 29.2 Å². The van der Waals surface area contributed by atoms with Gasteiger partial charge < -0.3 is 15.5 Å². The number of aryl methyl sites for hydroxylation is 1. The Balaban J connectivity index is 2.04. The van der Waals surface area contributed by atoms with E-state index in [4.69, 9.17) is 9.82 Å². The molecule has 0 bridgehead atoms. The second-order valence-electron chi connectivity index (χ2n) is 10.0. The molecule has 1 aliphatic rings. The van der Waals surface area contributed by atoms with Crippen molar-refractivity contribution in [1.29, 1.82) is 5.26 Å². The van der Waals surface area contributed by atoms with Crippen molar-refractivity contribution in [3.05, 3.63) is 34.9 Å². The summed E-state index contributed by atoms with van der Waals surface area (Å²) >= 11 is 0. The minimum atomic E-state index is -0.358. The molecule has 182 valence electrons. The van der Waals surface area contributed by atoms with E-state index >= 15 is 0 Å². The van der Waals surface area contributed by atoms with Crippen molar-refractivity contribution < 1.29 is 9.63 Å². The Morgan fingerprint density at radius 1 is 1.26 bits per heavy atom. The smallest absolute Gasteiger partial charge is 0.274 e. The largest absolute Gasteiger partial charge is 0.358 e. The number of carbonyl (C=O) groups excluding carboxylic acids is 1. The third kappa shape index (κ3) is 6.35. The van der Waals surface area contributed by atoms with Gasteiger partial charge in [0.1, 0.15) is 11.6 Å². The molecular formula is C25H35N7O2. The number of nitrogens with zero attached hydrogens (tertiary/aromatic N) is 4. The van der Waals surface area contributed by atoms with E-state index < -0.39 is 0 Å². The van der Waals surface area contributed by atoms with Gasteiger partial charge in [0.2, 0.25) is 5.95 Å². The van der Waals surface area contributed by atoms with Crippen molar-refractivity contribution in [2.45, 2.75) is 59.4 Å². The summed E-state index contributed by atoms with van der Waals surface area (Å²) in [6.07, 6.45) is 4.53. The zero-order valence-corrected chi connectivity index (χ0v) is 21.0. The Morgan fingerprint density at radius 3 is 2.59 bits per heavy atom. The molecule has 1 fully saturated rings. The van der Waals surface area contributed by atoms with Gasteiger partial charge in [-0.3, -0.25) is 9.63 Å². The van der Waals surface area contributed by atoms with Crippen LogP contribution in [0, 0.1) is 23.7 Å². The number of anilines is 4. The fraction of sp³-hybridized carbons (Fsp3) is 0.520. The number of aromatic nitrogens is 2. The molecule has 0 atom stereocenters. The van der Waals surface area contributed by atoms with Gasteiger partial charge in [0.15, 0.2) is 11.6 Å². The maximum Gasteiger partial charge on any atom is 0.274 e. The van der Waals surface area contributed by atoms with Gasteiger partial charge >= 0.3 is 0 Å². The highest BCUT2D eigenvalue weighted by molar-refractivity contribution is 5.95. The molecule has 1 aliphatic carbocycles. The van der Waals surface area contributed by atoms with Gasteiger partial charge in [0, 0.05) is 30.9 Å². The summed E-state index contributed by atoms with van der Waals surface area (Å²) in [7, 11) is 3.33. The molecule has 1 heterocycles. The Kier molecular flexibility index (Phi) is 7.94. The van der Waals surface area contributed by atoms with E-state index in [1.54, 1.807) is 12.1 Å². The third-order valence-corrected chi connectivity index (χ3v) is 5.71. The predicted molar refractivity (Wildman–Crippen MR) is 134 cm³/mol. The molecule has 1 aromatic heterocycles. The first-order valence-corrected chi connectivity index (χ1v) is 11.6. The lowest BCUT2D eigenvalue weighted by molar-refractivity contribution is 0.0537. The van der Waals surface area contributed by atoms with Crippen LogP contribution >= 0.6 is 0 Å². The van der Waals surface area contributed by atoms with E-state index in [0.717, 1.165) is 18.4 Å². The number of hydrogen-bond acceptors (Lipinski definition) is 8. The first-order valence-electron chi connectivity index (χ1n) is 11.6. The lowest BCUT2D eigenvalue weighted by Gasteiger charge is -2.29. The van der Waals surface area contributed by atoms with E-state index in [0.29, 0.717) is 47.0 Å². The number of rotatable bonds is 8. The molecule has 0 aliphatic heterocycles. The highest BCUT2D eigenvalue weighted by Gasteiger charge is 2.24. The summed E-state index contributed by atoms with van der Waals surface area (Å²) in [6, 6.07) is 7.89. The van der Waals surface area contributed by atoms with Gasteiger partial charge in [-0.1, -0.05) is 39.7 Å². The number of hydrogen-bond donors (Lipinski definition) is 3. The molecule has 9 heteroatoms. The van der Waals surface area contributed by atoms with Crippen LogP contribution in [0.15, 0.2) is 18.2 Å². The van der Waals surface area contributed by atoms with Gasteiger partial charge in [-0.2, -0.15) is 15.2 Å². The van der Waals surface area contributed by atoms with Crippen molar-refractivity contribution in [2.75, 3.05) is 36.2 Å². The van der Waals surface area contributed by atoms with Crippen LogP contribution in [0.4, 0.5) is 23.3 Å². The maximum atomic E-state index is 12.2. The van der Waals surface area contributed by atoms with E-state index in [9.17, 15) is 10.1 Å². The van der Waals surface area contributed by atoms with Gasteiger partial charge in [0.05, 0.1) is 7.11 Å². The fourth-order valence-corrected chi connectivity index (χ4v) is 4.20. The molecule has 0 radical (unpaired) electrons. The predicted octanol–water partition coefficient (Wildman–Crippen LogP) is 4.53. The molecule has 9 nitrogen and oxygen atoms in total. The molecule has 3 N–H and O–H groups in total. The van der Waals surface area contributed by atoms with Gasteiger partial charge in [-0.05, 0) is 42.9 Å². The number of carbonyl (C=O) groups is 1. The number of nitriles is 1. The first kappa shape index (κ1) is 25.2. The van der Waals surface area contributed by atoms with Crippen molar-refractivity contribution in [3.8, 4) is 6.07 Å². The topological polar surface area (TPSA) is 115 Å². The summed E-state index contributed by atoms with van der Waals surface area (Å²) in [5.74, 6) is 1.11. The molecule has 3 rings (SSSR count). The fourth-order valence-electron chi connectivity index (χ4n) is 4.20. The second-order valence-corrected chi connectivity index (χ2v) is 10.0. The minimum Gasteiger partial charge on any atom is -0.358 e. The average molecular weight is 466 g/mol. The van der Waals surface area contributed by atoms with E-state index in [-0.39, 0.29) is 11.3 Å². The van der Waals surface area contributed by atoms with Gasteiger partial charge in [-0.25, -0.2) is 5.48 Å². The monoisotopic (exact) mass is 465 g/mol. The van der Waals surface area contributed by atoms with Crippen LogP contribution < -0.4 is 21.0 Å². The normalized spacial score (nSPS) is 13.9. The molecule has 0 saturated heterocycles. The third-order valence-electron chi connectivity index (χ3n) is 5.71. The van der Waals surface area contributed by atoms with Crippen LogP contribution in [0.25, 0.3) is 0 Å². The summed E-state index contributed by atoms with van der Waals surface area (Å²) in [6.45, 7) is 9.08. The Hall–Kier alpha value is -3.38. The average Bonchev–Trinajstić information content (AvgIpc) is 3.27. The molecule has 0 unspecified atom stereocenters. The first-order chi connectivity index (χ1) is 16.1. The second kappa shape index (κ2) is 10.7. The number of nitrogens with one attached hydrogen (secondary N) is 3. The standard InChI is InChI=1S/C25H35N7O2/c1-16-11-12-17(23(33)31-34-6)13-20(16)28-21-19(14-26)22(32(5)15-25(2,3)4)30-24(29-21)27-18-9-7-8-10-18/h11-13,18H,7-10,15H2,1-6H3,(H,31,33)(H2,27,28,29,30). The van der Waals surface area contributed by atoms with Gasteiger partial charge in [-0.15, -0.1) is 0 Å². The Labute approximate surface area is 201 Å². The lowest BCUT2D eigenvalue weighted by atomic mass is 9.96. The number of amides is 1. The maximum absolute atomic E-state index is 12.2. The molecule has 0 spiro atoms. The molecule has 1 aromatic carbocycles. The highest BCUT2D eigenvalue weighted by Crippen LogP contribution is 2.31. The van der Waals surface area contributed by atoms with Crippen LogP contribution in [0.1, 0.15) is 67.9 Å². The summed E-state index contributed by atoms with van der Waals surface area (Å²) in [5.41, 5.74) is 4.71. The zero-order chi connectivity index (χ0) is 24.9. The minimum absolute atomic E-state index is 0.0126. The van der Waals surface area contributed by atoms with E-state index in [1.807, 2.05) is 24.9 Å². The van der Waals surface area contributed by atoms with Crippen LogP contribution in [0.2, 0.25) is 0 Å². The summed E-state index contributed by atoms with van der Waals surface area (Å²) in [5, 5.41) is 16.8. The van der Waals surface area contributed by atoms with Crippen LogP contribution in [0.5, 0.6) is 0 Å². The van der Waals surface area contributed by atoms with E-state index in [2.05, 4.69) is 47.9 Å². The summed E-state index contributed by atoms with van der Waals surface area (Å²) < 4.78 is 0. The van der Waals surface area contributed by atoms with Gasteiger partial charge in [0.25, 0.3) is 5.91 Å². The van der Waals surface area contributed by atoms with Crippen molar-refractivity contribution in [2.24, 2.45) is 5.41 Å². The van der Waals surface area contributed by atoms with Crippen molar-refractivity contribution in [3.63, 3.8) is 0 Å². The van der Waals surface area contributed by atoms with E-state index in [1.165, 1.54) is 20.0 Å². The quantitative estimate of drug-likeness (QED) is 0.487. The molecule has 1 saturated carbocycles. The molecular weight excluding hydrogens is 430 g/mol. The van der Waals surface area contributed by atoms with Crippen LogP contribution in [-0.4, -0.2) is 42.6 Å². The number of benzene rings is 1. The molecule has 1 amide bonds. The van der Waals surface area contributed by atoms with Crippen LogP contribution in [-0.2, 0) is 4.84 Å². The summed E-state index contributed by atoms with van der Waals surface area (Å²) in [4.78, 5) is 28.4. The highest BCUT2D eigenvalue weighted by atomic mass is 16.6. The van der Waals surface area contributed by atoms with Crippen molar-refractivity contribution in [1.82, 2.24) is 15.4 Å². The zero-order valence-electron chi connectivity index (χ0n) is 21.0. The number of hydroxylamine groups is 1. The Bertz CT molecular complexity index is 1070. The molecule has 2 aromatic rings. The lowest BCUT2D eigenvalue weighted by Crippen LogP contribution is -2.31. The van der Waals surface area contributed by atoms with Crippen LogP contribution in [0.3, 0.4) is 0 Å². The molecule has 34 heavy (non-hydrogen) atoms. The SMILES string of the molecule is CONC(=O)c1ccc(C)c(Nc2nc(NC3CCCC3)nc(N(C)CC(C)(C)C)c2C#N)c1.